The molecule has 0 unspecified atom stereocenters. The van der Waals surface area contributed by atoms with Crippen molar-refractivity contribution in [2.24, 2.45) is 0 Å². The molecule has 2 heterocycles. The van der Waals surface area contributed by atoms with Gasteiger partial charge in [0.05, 0.1) is 17.4 Å². The summed E-state index contributed by atoms with van der Waals surface area (Å²) in [5.74, 6) is 0. The highest BCUT2D eigenvalue weighted by Gasteiger charge is 2.21. The molecule has 132 valence electrons. The largest absolute Gasteiger partial charge is 0.376 e. The van der Waals surface area contributed by atoms with E-state index in [2.05, 4.69) is 25.6 Å². The fourth-order valence-corrected chi connectivity index (χ4v) is 3.23. The predicted molar refractivity (Wildman–Crippen MR) is 106 cm³/mol. The highest BCUT2D eigenvalue weighted by atomic mass is 16.2. The van der Waals surface area contributed by atoms with Crippen LogP contribution in [0.5, 0.6) is 0 Å². The summed E-state index contributed by atoms with van der Waals surface area (Å²) >= 11 is 0. The number of benzene rings is 2. The molecule has 0 saturated carbocycles. The van der Waals surface area contributed by atoms with Crippen molar-refractivity contribution in [1.29, 1.82) is 0 Å². The van der Waals surface area contributed by atoms with Gasteiger partial charge in [-0.1, -0.05) is 12.1 Å². The highest BCUT2D eigenvalue weighted by Crippen LogP contribution is 2.24. The normalized spacial score (nSPS) is 11.4. The lowest BCUT2D eigenvalue weighted by molar-refractivity contribution is 1.13. The maximum atomic E-state index is 12.0. The molecule has 27 heavy (non-hydrogen) atoms. The predicted octanol–water partition coefficient (Wildman–Crippen LogP) is 3.00. The van der Waals surface area contributed by atoms with Crippen LogP contribution in [-0.2, 0) is 6.54 Å². The third kappa shape index (κ3) is 2.56. The van der Waals surface area contributed by atoms with Gasteiger partial charge in [0.25, 0.3) is 10.9 Å². The molecule has 0 radical (unpaired) electrons. The molecule has 4 N–H and O–H groups in total. The van der Waals surface area contributed by atoms with Crippen LogP contribution >= 0.6 is 0 Å². The van der Waals surface area contributed by atoms with Crippen molar-refractivity contribution in [3.05, 3.63) is 81.0 Å². The van der Waals surface area contributed by atoms with E-state index < -0.39 is 10.9 Å². The van der Waals surface area contributed by atoms with E-state index in [0.717, 1.165) is 33.2 Å². The fraction of sp³-hybridized carbons (Fsp3) is 0.0500. The summed E-state index contributed by atoms with van der Waals surface area (Å²) in [5, 5.41) is 7.26. The number of aromatic amines is 2. The van der Waals surface area contributed by atoms with E-state index in [0.29, 0.717) is 17.9 Å². The van der Waals surface area contributed by atoms with Crippen molar-refractivity contribution < 1.29 is 0 Å². The number of hydrogen-bond donors (Lipinski definition) is 4. The summed E-state index contributed by atoms with van der Waals surface area (Å²) in [5.41, 5.74) is 4.05. The smallest absolute Gasteiger partial charge is 0.253 e. The number of imidazole rings is 1. The first kappa shape index (κ1) is 15.4. The summed E-state index contributed by atoms with van der Waals surface area (Å²) in [4.78, 5) is 34.3. The molecule has 0 aliphatic heterocycles. The van der Waals surface area contributed by atoms with Gasteiger partial charge in [-0.25, -0.2) is 4.98 Å². The summed E-state index contributed by atoms with van der Waals surface area (Å²) in [7, 11) is 0. The van der Waals surface area contributed by atoms with Gasteiger partial charge in [-0.2, -0.15) is 0 Å². The summed E-state index contributed by atoms with van der Waals surface area (Å²) in [6, 6.07) is 13.6. The lowest BCUT2D eigenvalue weighted by Crippen LogP contribution is -2.36. The Kier molecular flexibility index (Phi) is 3.33. The third-order valence-electron chi connectivity index (χ3n) is 4.69. The third-order valence-corrected chi connectivity index (χ3v) is 4.69. The number of H-pyrrole nitrogens is 2. The number of nitrogens with zero attached hydrogens (tertiary/aromatic N) is 1. The van der Waals surface area contributed by atoms with Gasteiger partial charge in [0, 0.05) is 23.9 Å². The Morgan fingerprint density at radius 3 is 2.70 bits per heavy atom. The van der Waals surface area contributed by atoms with Gasteiger partial charge in [-0.05, 0) is 41.3 Å². The molecule has 3 aromatic carbocycles. The molecule has 0 amide bonds. The van der Waals surface area contributed by atoms with Crippen LogP contribution in [0.1, 0.15) is 5.56 Å². The minimum atomic E-state index is -0.512. The SMILES string of the molecule is O=c1c(NCc2ccc3cc[nH]c3c2)c(Nc2ccc3nc[nH]c3c2)c1=O. The van der Waals surface area contributed by atoms with E-state index in [1.807, 2.05) is 48.7 Å². The molecule has 7 nitrogen and oxygen atoms in total. The molecule has 0 aliphatic rings. The number of rotatable bonds is 5. The van der Waals surface area contributed by atoms with Crippen LogP contribution in [-0.4, -0.2) is 15.0 Å². The van der Waals surface area contributed by atoms with Crippen LogP contribution in [0.25, 0.3) is 21.9 Å². The van der Waals surface area contributed by atoms with E-state index >= 15 is 0 Å². The number of fused-ring (bicyclic) bond motifs is 2. The van der Waals surface area contributed by atoms with Crippen molar-refractivity contribution in [2.45, 2.75) is 6.54 Å². The number of aromatic nitrogens is 3. The van der Waals surface area contributed by atoms with Crippen LogP contribution in [0.2, 0.25) is 0 Å². The summed E-state index contributed by atoms with van der Waals surface area (Å²) in [6.07, 6.45) is 3.50. The standard InChI is InChI=1S/C20H15N5O2/c26-19-17(22-9-11-1-2-12-5-6-21-15(12)7-11)18(20(19)27)25-13-3-4-14-16(8-13)24-10-23-14/h1-8,10,21-22,25H,9H2,(H,23,24). The van der Waals surface area contributed by atoms with E-state index in [1.54, 1.807) is 6.33 Å². The molecular weight excluding hydrogens is 342 g/mol. The molecule has 0 atom stereocenters. The lowest BCUT2D eigenvalue weighted by atomic mass is 10.1. The zero-order valence-corrected chi connectivity index (χ0v) is 14.2. The minimum absolute atomic E-state index is 0.291. The van der Waals surface area contributed by atoms with Crippen molar-refractivity contribution in [2.75, 3.05) is 10.6 Å². The molecule has 7 heteroatoms. The average molecular weight is 357 g/mol. The second-order valence-electron chi connectivity index (χ2n) is 6.42. The first-order valence-electron chi connectivity index (χ1n) is 8.52. The van der Waals surface area contributed by atoms with Gasteiger partial charge in [0.1, 0.15) is 11.4 Å². The van der Waals surface area contributed by atoms with Gasteiger partial charge >= 0.3 is 0 Å². The average Bonchev–Trinajstić information content (AvgIpc) is 3.35. The Morgan fingerprint density at radius 2 is 1.78 bits per heavy atom. The molecule has 0 aliphatic carbocycles. The number of anilines is 3. The molecule has 2 aromatic heterocycles. The second kappa shape index (κ2) is 5.84. The van der Waals surface area contributed by atoms with Gasteiger partial charge in [0.15, 0.2) is 0 Å². The van der Waals surface area contributed by atoms with Crippen LogP contribution in [0.15, 0.2) is 64.6 Å². The minimum Gasteiger partial charge on any atom is -0.376 e. The van der Waals surface area contributed by atoms with Crippen molar-refractivity contribution in [3.8, 4) is 0 Å². The Bertz CT molecular complexity index is 1350. The molecule has 0 saturated heterocycles. The molecular formula is C20H15N5O2. The van der Waals surface area contributed by atoms with Crippen molar-refractivity contribution >= 4 is 39.0 Å². The second-order valence-corrected chi connectivity index (χ2v) is 6.42. The maximum absolute atomic E-state index is 12.0. The molecule has 5 aromatic rings. The monoisotopic (exact) mass is 357 g/mol. The zero-order valence-electron chi connectivity index (χ0n) is 14.2. The quantitative estimate of drug-likeness (QED) is 0.362. The Balaban J connectivity index is 1.38. The summed E-state index contributed by atoms with van der Waals surface area (Å²) in [6.45, 7) is 0.452. The van der Waals surface area contributed by atoms with Crippen LogP contribution in [0, 0.1) is 0 Å². The van der Waals surface area contributed by atoms with E-state index in [1.165, 1.54) is 0 Å². The van der Waals surface area contributed by atoms with Crippen LogP contribution in [0.4, 0.5) is 17.1 Å². The highest BCUT2D eigenvalue weighted by molar-refractivity contribution is 5.84. The molecule has 0 fully saturated rings. The first-order chi connectivity index (χ1) is 13.2. The van der Waals surface area contributed by atoms with E-state index in [-0.39, 0.29) is 0 Å². The van der Waals surface area contributed by atoms with Crippen molar-refractivity contribution in [1.82, 2.24) is 15.0 Å². The number of hydrogen-bond acceptors (Lipinski definition) is 5. The van der Waals surface area contributed by atoms with E-state index in [4.69, 9.17) is 0 Å². The summed E-state index contributed by atoms with van der Waals surface area (Å²) < 4.78 is 0. The Labute approximate surface area is 152 Å². The van der Waals surface area contributed by atoms with Gasteiger partial charge in [-0.3, -0.25) is 9.59 Å². The van der Waals surface area contributed by atoms with Gasteiger partial charge in [-0.15, -0.1) is 0 Å². The molecule has 0 spiro atoms. The Morgan fingerprint density at radius 1 is 0.889 bits per heavy atom. The van der Waals surface area contributed by atoms with E-state index in [9.17, 15) is 9.59 Å². The van der Waals surface area contributed by atoms with Crippen molar-refractivity contribution in [3.63, 3.8) is 0 Å². The fourth-order valence-electron chi connectivity index (χ4n) is 3.23. The maximum Gasteiger partial charge on any atom is 0.253 e. The lowest BCUT2D eigenvalue weighted by Gasteiger charge is -2.15. The molecule has 5 rings (SSSR count). The zero-order chi connectivity index (χ0) is 18.4. The van der Waals surface area contributed by atoms with Crippen LogP contribution < -0.4 is 21.5 Å². The number of nitrogens with one attached hydrogen (secondary N) is 4. The van der Waals surface area contributed by atoms with Gasteiger partial charge < -0.3 is 20.6 Å². The Hall–Kier alpha value is -3.87. The topological polar surface area (TPSA) is 103 Å². The molecule has 0 bridgehead atoms. The van der Waals surface area contributed by atoms with Gasteiger partial charge in [0.2, 0.25) is 0 Å². The van der Waals surface area contributed by atoms with Crippen LogP contribution in [0.3, 0.4) is 0 Å². The first-order valence-corrected chi connectivity index (χ1v) is 8.52.